The van der Waals surface area contributed by atoms with Crippen molar-refractivity contribution in [1.29, 1.82) is 0 Å². The maximum absolute atomic E-state index is 12.5. The summed E-state index contributed by atoms with van der Waals surface area (Å²) in [6.45, 7) is 0.448. The lowest BCUT2D eigenvalue weighted by Crippen LogP contribution is -2.51. The molecule has 3 aliphatic heterocycles. The summed E-state index contributed by atoms with van der Waals surface area (Å²) in [6, 6.07) is 7.01. The Morgan fingerprint density at radius 2 is 2.00 bits per heavy atom. The minimum atomic E-state index is -3.00. The normalized spacial score (nSPS) is 32.2. The molecule has 4 rings (SSSR count). The van der Waals surface area contributed by atoms with Gasteiger partial charge in [-0.05, 0) is 18.6 Å². The van der Waals surface area contributed by atoms with E-state index in [9.17, 15) is 13.2 Å². The summed E-state index contributed by atoms with van der Waals surface area (Å²) >= 11 is 0. The van der Waals surface area contributed by atoms with Gasteiger partial charge in [-0.3, -0.25) is 4.79 Å². The smallest absolute Gasteiger partial charge is 0.267 e. The first-order valence-corrected chi connectivity index (χ1v) is 8.67. The predicted octanol–water partition coefficient (Wildman–Crippen LogP) is 0.224. The van der Waals surface area contributed by atoms with Crippen LogP contribution in [0, 0.1) is 0 Å². The molecule has 21 heavy (non-hydrogen) atoms. The molecule has 112 valence electrons. The van der Waals surface area contributed by atoms with Crippen LogP contribution in [0.25, 0.3) is 0 Å². The molecule has 1 amide bonds. The van der Waals surface area contributed by atoms with Gasteiger partial charge >= 0.3 is 0 Å². The highest BCUT2D eigenvalue weighted by Gasteiger charge is 2.51. The Balaban J connectivity index is 1.51. The van der Waals surface area contributed by atoms with Gasteiger partial charge in [-0.25, -0.2) is 8.42 Å². The second-order valence-electron chi connectivity index (χ2n) is 5.70. The van der Waals surface area contributed by atoms with E-state index in [0.717, 1.165) is 0 Å². The van der Waals surface area contributed by atoms with Crippen LogP contribution in [0.3, 0.4) is 0 Å². The van der Waals surface area contributed by atoms with Crippen molar-refractivity contribution in [2.75, 3.05) is 18.9 Å². The van der Waals surface area contributed by atoms with E-state index in [0.29, 0.717) is 17.9 Å². The van der Waals surface area contributed by atoms with Gasteiger partial charge in [-0.1, -0.05) is 12.1 Å². The number of hydrogen-bond acceptors (Lipinski definition) is 5. The molecule has 2 saturated heterocycles. The van der Waals surface area contributed by atoms with Crippen LogP contribution in [-0.2, 0) is 14.6 Å². The van der Waals surface area contributed by atoms with E-state index < -0.39 is 21.2 Å². The van der Waals surface area contributed by atoms with Gasteiger partial charge in [0.15, 0.2) is 21.3 Å². The maximum Gasteiger partial charge on any atom is 0.267 e. The standard InChI is InChI=1S/C14H15NO5S/c16-14(15-6-10-5-9(15)8-21(10,17)18)13-7-19-11-3-1-2-4-12(11)20-13/h1-4,9-10,13H,5-8H2/t9-,10+,13-/m0/s1. The monoisotopic (exact) mass is 309 g/mol. The highest BCUT2D eigenvalue weighted by molar-refractivity contribution is 7.92. The van der Waals surface area contributed by atoms with Crippen molar-refractivity contribution in [2.24, 2.45) is 0 Å². The lowest BCUT2D eigenvalue weighted by Gasteiger charge is -2.32. The molecule has 1 aromatic carbocycles. The molecule has 3 heterocycles. The molecule has 2 bridgehead atoms. The van der Waals surface area contributed by atoms with E-state index in [1.807, 2.05) is 12.1 Å². The molecule has 0 spiro atoms. The van der Waals surface area contributed by atoms with Gasteiger partial charge in [0.05, 0.1) is 11.0 Å². The fourth-order valence-electron chi connectivity index (χ4n) is 3.29. The van der Waals surface area contributed by atoms with Crippen molar-refractivity contribution >= 4 is 15.7 Å². The summed E-state index contributed by atoms with van der Waals surface area (Å²) in [5, 5.41) is -0.400. The number of carbonyl (C=O) groups is 1. The van der Waals surface area contributed by atoms with E-state index in [2.05, 4.69) is 0 Å². The quantitative estimate of drug-likeness (QED) is 0.742. The van der Waals surface area contributed by atoms with Crippen molar-refractivity contribution in [3.05, 3.63) is 24.3 Å². The lowest BCUT2D eigenvalue weighted by atomic mass is 10.2. The molecule has 0 aromatic heterocycles. The molecule has 0 saturated carbocycles. The number of sulfone groups is 1. The number of carbonyl (C=O) groups excluding carboxylic acids is 1. The number of benzene rings is 1. The van der Waals surface area contributed by atoms with Crippen molar-refractivity contribution in [2.45, 2.75) is 23.8 Å². The predicted molar refractivity (Wildman–Crippen MR) is 74.0 cm³/mol. The molecule has 0 aliphatic carbocycles. The van der Waals surface area contributed by atoms with Gasteiger partial charge in [-0.15, -0.1) is 0 Å². The van der Waals surface area contributed by atoms with Crippen LogP contribution in [0.15, 0.2) is 24.3 Å². The molecule has 0 radical (unpaired) electrons. The molecule has 0 N–H and O–H groups in total. The summed E-state index contributed by atoms with van der Waals surface area (Å²) in [5.41, 5.74) is 0. The molecule has 2 fully saturated rings. The van der Waals surface area contributed by atoms with Crippen LogP contribution in [0.5, 0.6) is 11.5 Å². The molecular weight excluding hydrogens is 294 g/mol. The molecule has 6 nitrogen and oxygen atoms in total. The molecule has 3 aliphatic rings. The fourth-order valence-corrected chi connectivity index (χ4v) is 5.32. The zero-order valence-electron chi connectivity index (χ0n) is 11.3. The lowest BCUT2D eigenvalue weighted by molar-refractivity contribution is -0.141. The molecule has 1 aromatic rings. The van der Waals surface area contributed by atoms with Crippen LogP contribution in [0.2, 0.25) is 0 Å². The van der Waals surface area contributed by atoms with Crippen LogP contribution in [-0.4, -0.2) is 55.5 Å². The van der Waals surface area contributed by atoms with Crippen molar-refractivity contribution in [3.63, 3.8) is 0 Å². The van der Waals surface area contributed by atoms with Gasteiger partial charge in [0.1, 0.15) is 6.61 Å². The van der Waals surface area contributed by atoms with E-state index in [1.165, 1.54) is 0 Å². The van der Waals surface area contributed by atoms with E-state index in [4.69, 9.17) is 9.47 Å². The first kappa shape index (κ1) is 12.9. The van der Waals surface area contributed by atoms with E-state index in [-0.39, 0.29) is 30.9 Å². The van der Waals surface area contributed by atoms with Crippen LogP contribution in [0.1, 0.15) is 6.42 Å². The van der Waals surface area contributed by atoms with Crippen LogP contribution >= 0.6 is 0 Å². The Labute approximate surface area is 122 Å². The number of fused-ring (bicyclic) bond motifs is 3. The number of para-hydroxylation sites is 2. The third kappa shape index (κ3) is 1.98. The Hall–Kier alpha value is -1.76. The SMILES string of the molecule is O=C([C@@H]1COc2ccccc2O1)N1C[C@H]2C[C@H]1CS2(=O)=O. The summed E-state index contributed by atoms with van der Waals surface area (Å²) in [6.07, 6.45) is -0.139. The average molecular weight is 309 g/mol. The largest absolute Gasteiger partial charge is 0.485 e. The zero-order valence-corrected chi connectivity index (χ0v) is 12.1. The Morgan fingerprint density at radius 1 is 1.24 bits per heavy atom. The Kier molecular flexibility index (Phi) is 2.69. The first-order chi connectivity index (χ1) is 10.0. The van der Waals surface area contributed by atoms with Crippen LogP contribution < -0.4 is 9.47 Å². The molecule has 3 atom stereocenters. The van der Waals surface area contributed by atoms with Gasteiger partial charge < -0.3 is 14.4 Å². The van der Waals surface area contributed by atoms with Gasteiger partial charge in [0, 0.05) is 12.6 Å². The first-order valence-electron chi connectivity index (χ1n) is 6.95. The van der Waals surface area contributed by atoms with E-state index >= 15 is 0 Å². The van der Waals surface area contributed by atoms with Gasteiger partial charge in [0.2, 0.25) is 6.10 Å². The minimum Gasteiger partial charge on any atom is -0.485 e. The second kappa shape index (κ2) is 4.37. The average Bonchev–Trinajstić information content (AvgIpc) is 3.02. The van der Waals surface area contributed by atoms with Gasteiger partial charge in [0.25, 0.3) is 5.91 Å². The van der Waals surface area contributed by atoms with Crippen LogP contribution in [0.4, 0.5) is 0 Å². The molecule has 0 unspecified atom stereocenters. The maximum atomic E-state index is 12.5. The second-order valence-corrected chi connectivity index (χ2v) is 8.02. The topological polar surface area (TPSA) is 72.9 Å². The van der Waals surface area contributed by atoms with Gasteiger partial charge in [-0.2, -0.15) is 0 Å². The molecular formula is C14H15NO5S. The summed E-state index contributed by atoms with van der Waals surface area (Å²) in [4.78, 5) is 14.2. The highest BCUT2D eigenvalue weighted by atomic mass is 32.2. The zero-order chi connectivity index (χ0) is 14.6. The highest BCUT2D eigenvalue weighted by Crippen LogP contribution is 2.35. The van der Waals surface area contributed by atoms with Crippen molar-refractivity contribution < 1.29 is 22.7 Å². The van der Waals surface area contributed by atoms with E-state index in [1.54, 1.807) is 17.0 Å². The van der Waals surface area contributed by atoms with Crippen molar-refractivity contribution in [1.82, 2.24) is 4.90 Å². The number of likely N-dealkylation sites (tertiary alicyclic amines) is 1. The molecule has 7 heteroatoms. The Bertz CT molecular complexity index is 701. The Morgan fingerprint density at radius 3 is 2.67 bits per heavy atom. The number of hydrogen-bond donors (Lipinski definition) is 0. The summed E-state index contributed by atoms with van der Waals surface area (Å²) < 4.78 is 34.7. The minimum absolute atomic E-state index is 0.0770. The summed E-state index contributed by atoms with van der Waals surface area (Å²) in [5.74, 6) is 1.09. The fraction of sp³-hybridized carbons (Fsp3) is 0.500. The number of nitrogens with zero attached hydrogens (tertiary/aromatic N) is 1. The third-order valence-electron chi connectivity index (χ3n) is 4.38. The number of ether oxygens (including phenoxy) is 2. The summed E-state index contributed by atoms with van der Waals surface area (Å²) in [7, 11) is -3.00. The number of rotatable bonds is 1. The third-order valence-corrected chi connectivity index (χ3v) is 6.58. The number of amides is 1. The van der Waals surface area contributed by atoms with Crippen molar-refractivity contribution in [3.8, 4) is 11.5 Å².